The number of nitriles is 1. The van der Waals surface area contributed by atoms with Crippen molar-refractivity contribution in [1.82, 2.24) is 4.90 Å². The van der Waals surface area contributed by atoms with E-state index in [0.717, 1.165) is 26.2 Å². The number of benzene rings is 1. The van der Waals surface area contributed by atoms with Gasteiger partial charge in [0.05, 0.1) is 17.3 Å². The van der Waals surface area contributed by atoms with E-state index in [2.05, 4.69) is 4.90 Å². The topological polar surface area (TPSA) is 30.3 Å². The number of halogens is 1. The summed E-state index contributed by atoms with van der Waals surface area (Å²) in [5, 5.41) is 8.70. The Morgan fingerprint density at radius 2 is 2.11 bits per heavy atom. The highest BCUT2D eigenvalue weighted by Crippen LogP contribution is 2.19. The predicted molar refractivity (Wildman–Crippen MR) is 70.1 cm³/mol. The monoisotopic (exact) mass is 247 g/mol. The highest BCUT2D eigenvalue weighted by Gasteiger charge is 2.13. The Labute approximate surface area is 107 Å². The molecule has 0 atom stereocenters. The third kappa shape index (κ3) is 2.99. The van der Waals surface area contributed by atoms with Crippen LogP contribution in [0.15, 0.2) is 18.2 Å². The third-order valence-electron chi connectivity index (χ3n) is 3.44. The van der Waals surface area contributed by atoms with Crippen molar-refractivity contribution >= 4 is 5.69 Å². The molecule has 0 spiro atoms. The Bertz CT molecular complexity index is 447. The molecule has 0 aliphatic carbocycles. The molecule has 3 nitrogen and oxygen atoms in total. The summed E-state index contributed by atoms with van der Waals surface area (Å²) in [5.41, 5.74) is 0.928. The van der Waals surface area contributed by atoms with Gasteiger partial charge in [-0.1, -0.05) is 0 Å². The van der Waals surface area contributed by atoms with Crippen molar-refractivity contribution in [2.75, 3.05) is 38.1 Å². The summed E-state index contributed by atoms with van der Waals surface area (Å²) >= 11 is 0. The molecule has 1 aliphatic heterocycles. The van der Waals surface area contributed by atoms with Crippen molar-refractivity contribution in [1.29, 1.82) is 5.26 Å². The summed E-state index contributed by atoms with van der Waals surface area (Å²) in [6, 6.07) is 6.57. The van der Waals surface area contributed by atoms with Crippen molar-refractivity contribution < 1.29 is 4.39 Å². The molecule has 0 saturated carbocycles. The van der Waals surface area contributed by atoms with Crippen LogP contribution in [-0.4, -0.2) is 38.1 Å². The first-order chi connectivity index (χ1) is 8.70. The van der Waals surface area contributed by atoms with Gasteiger partial charge in [0, 0.05) is 20.1 Å². The van der Waals surface area contributed by atoms with Crippen LogP contribution in [0.4, 0.5) is 10.1 Å². The first-order valence-electron chi connectivity index (χ1n) is 6.34. The lowest BCUT2D eigenvalue weighted by Gasteiger charge is -2.23. The van der Waals surface area contributed by atoms with Gasteiger partial charge in [-0.3, -0.25) is 0 Å². The molecular formula is C14H18FN3. The summed E-state index contributed by atoms with van der Waals surface area (Å²) < 4.78 is 13.8. The average Bonchev–Trinajstić information content (AvgIpc) is 2.88. The van der Waals surface area contributed by atoms with Crippen molar-refractivity contribution in [2.24, 2.45) is 0 Å². The predicted octanol–water partition coefficient (Wildman–Crippen LogP) is 2.23. The smallest absolute Gasteiger partial charge is 0.147 e. The molecule has 0 amide bonds. The zero-order valence-electron chi connectivity index (χ0n) is 10.7. The first kappa shape index (κ1) is 12.8. The number of likely N-dealkylation sites (tertiary alicyclic amines) is 1. The molecule has 1 aliphatic rings. The van der Waals surface area contributed by atoms with Crippen molar-refractivity contribution in [3.8, 4) is 6.07 Å². The molecule has 96 valence electrons. The van der Waals surface area contributed by atoms with Crippen molar-refractivity contribution in [3.63, 3.8) is 0 Å². The zero-order valence-corrected chi connectivity index (χ0v) is 10.7. The minimum atomic E-state index is -0.321. The number of nitrogens with zero attached hydrogens (tertiary/aromatic N) is 3. The van der Waals surface area contributed by atoms with Crippen LogP contribution < -0.4 is 4.90 Å². The van der Waals surface area contributed by atoms with E-state index in [1.54, 1.807) is 12.1 Å². The maximum Gasteiger partial charge on any atom is 0.147 e. The van der Waals surface area contributed by atoms with E-state index in [-0.39, 0.29) is 5.82 Å². The van der Waals surface area contributed by atoms with Crippen LogP contribution in [0.2, 0.25) is 0 Å². The third-order valence-corrected chi connectivity index (χ3v) is 3.44. The SMILES string of the molecule is CN(CCN1CCCC1)c1ccc(C#N)cc1F. The lowest BCUT2D eigenvalue weighted by molar-refractivity contribution is 0.346. The molecule has 1 heterocycles. The van der Waals surface area contributed by atoms with Gasteiger partial charge >= 0.3 is 0 Å². The molecule has 0 bridgehead atoms. The van der Waals surface area contributed by atoms with E-state index in [1.165, 1.54) is 18.9 Å². The summed E-state index contributed by atoms with van der Waals surface area (Å²) in [6.45, 7) is 4.09. The Morgan fingerprint density at radius 3 is 2.72 bits per heavy atom. The second kappa shape index (κ2) is 5.83. The van der Waals surface area contributed by atoms with Crippen LogP contribution in [0.5, 0.6) is 0 Å². The van der Waals surface area contributed by atoms with E-state index < -0.39 is 0 Å². The Balaban J connectivity index is 1.95. The molecular weight excluding hydrogens is 229 g/mol. The van der Waals surface area contributed by atoms with Crippen LogP contribution in [0, 0.1) is 17.1 Å². The highest BCUT2D eigenvalue weighted by atomic mass is 19.1. The summed E-state index contributed by atoms with van der Waals surface area (Å²) in [4.78, 5) is 4.31. The van der Waals surface area contributed by atoms with Crippen LogP contribution >= 0.6 is 0 Å². The Kier molecular flexibility index (Phi) is 4.16. The van der Waals surface area contributed by atoms with Gasteiger partial charge in [0.1, 0.15) is 5.82 Å². The Morgan fingerprint density at radius 1 is 1.39 bits per heavy atom. The quantitative estimate of drug-likeness (QED) is 0.817. The zero-order chi connectivity index (χ0) is 13.0. The van der Waals surface area contributed by atoms with Gasteiger partial charge < -0.3 is 9.80 Å². The van der Waals surface area contributed by atoms with Gasteiger partial charge in [0.25, 0.3) is 0 Å². The summed E-state index contributed by atoms with van der Waals surface area (Å²) in [7, 11) is 1.89. The summed E-state index contributed by atoms with van der Waals surface area (Å²) in [6.07, 6.45) is 2.55. The molecule has 18 heavy (non-hydrogen) atoms. The van der Waals surface area contributed by atoms with E-state index in [0.29, 0.717) is 11.3 Å². The van der Waals surface area contributed by atoms with E-state index >= 15 is 0 Å². The first-order valence-corrected chi connectivity index (χ1v) is 6.34. The number of likely N-dealkylation sites (N-methyl/N-ethyl adjacent to an activating group) is 1. The van der Waals surface area contributed by atoms with E-state index in [4.69, 9.17) is 5.26 Å². The molecule has 0 radical (unpaired) electrons. The number of hydrogen-bond donors (Lipinski definition) is 0. The maximum atomic E-state index is 13.8. The Hall–Kier alpha value is -1.60. The lowest BCUT2D eigenvalue weighted by atomic mass is 10.2. The molecule has 0 aromatic heterocycles. The molecule has 1 fully saturated rings. The van der Waals surface area contributed by atoms with Gasteiger partial charge in [-0.2, -0.15) is 5.26 Å². The van der Waals surface area contributed by atoms with Gasteiger partial charge in [-0.05, 0) is 44.1 Å². The molecule has 1 aromatic carbocycles. The average molecular weight is 247 g/mol. The molecule has 1 aromatic rings. The molecule has 1 saturated heterocycles. The fourth-order valence-corrected chi connectivity index (χ4v) is 2.30. The lowest BCUT2D eigenvalue weighted by Crippen LogP contribution is -2.31. The van der Waals surface area contributed by atoms with Gasteiger partial charge in [0.2, 0.25) is 0 Å². The van der Waals surface area contributed by atoms with Crippen LogP contribution in [0.1, 0.15) is 18.4 Å². The maximum absolute atomic E-state index is 13.8. The fraction of sp³-hybridized carbons (Fsp3) is 0.500. The van der Waals surface area contributed by atoms with Crippen LogP contribution in [0.3, 0.4) is 0 Å². The van der Waals surface area contributed by atoms with Gasteiger partial charge in [-0.15, -0.1) is 0 Å². The number of rotatable bonds is 4. The van der Waals surface area contributed by atoms with Crippen LogP contribution in [0.25, 0.3) is 0 Å². The second-order valence-electron chi connectivity index (χ2n) is 4.75. The van der Waals surface area contributed by atoms with Gasteiger partial charge in [-0.25, -0.2) is 4.39 Å². The minimum absolute atomic E-state index is 0.321. The van der Waals surface area contributed by atoms with Crippen LogP contribution in [-0.2, 0) is 0 Å². The van der Waals surface area contributed by atoms with Crippen molar-refractivity contribution in [2.45, 2.75) is 12.8 Å². The molecule has 0 unspecified atom stereocenters. The van der Waals surface area contributed by atoms with Crippen molar-refractivity contribution in [3.05, 3.63) is 29.6 Å². The largest absolute Gasteiger partial charge is 0.371 e. The highest BCUT2D eigenvalue weighted by molar-refractivity contribution is 5.50. The molecule has 2 rings (SSSR count). The standard InChI is InChI=1S/C14H18FN3/c1-17(8-9-18-6-2-3-7-18)14-5-4-12(11-16)10-13(14)15/h4-5,10H,2-3,6-9H2,1H3. The summed E-state index contributed by atoms with van der Waals surface area (Å²) in [5.74, 6) is -0.321. The number of anilines is 1. The number of hydrogen-bond acceptors (Lipinski definition) is 3. The molecule has 0 N–H and O–H groups in total. The molecule has 4 heteroatoms. The fourth-order valence-electron chi connectivity index (χ4n) is 2.30. The van der Waals surface area contributed by atoms with E-state index in [1.807, 2.05) is 18.0 Å². The van der Waals surface area contributed by atoms with Gasteiger partial charge in [0.15, 0.2) is 0 Å². The normalized spacial score (nSPS) is 15.6. The minimum Gasteiger partial charge on any atom is -0.371 e. The van der Waals surface area contributed by atoms with E-state index in [9.17, 15) is 4.39 Å². The second-order valence-corrected chi connectivity index (χ2v) is 4.75.